The molecule has 0 saturated carbocycles. The third-order valence-corrected chi connectivity index (χ3v) is 2.65. The van der Waals surface area contributed by atoms with Crippen molar-refractivity contribution in [1.29, 1.82) is 0 Å². The molecule has 2 heteroatoms. The molecule has 1 rings (SSSR count). The summed E-state index contributed by atoms with van der Waals surface area (Å²) in [5, 5.41) is 0. The summed E-state index contributed by atoms with van der Waals surface area (Å²) in [5.74, 6) is 0. The minimum Gasteiger partial charge on any atom is -0.302 e. The fourth-order valence-electron chi connectivity index (χ4n) is 1.75. The molecule has 1 radical (unpaired) electrons. The Hall–Kier alpha value is -1.15. The molecule has 0 amide bonds. The molecule has 0 aliphatic heterocycles. The summed E-state index contributed by atoms with van der Waals surface area (Å²) in [6, 6.07) is 10.8. The molecule has 1 aromatic rings. The summed E-state index contributed by atoms with van der Waals surface area (Å²) in [4.78, 5) is 13.2. The van der Waals surface area contributed by atoms with Crippen LogP contribution in [-0.2, 0) is 11.2 Å². The van der Waals surface area contributed by atoms with Crippen LogP contribution in [0.25, 0.3) is 0 Å². The Morgan fingerprint density at radius 3 is 2.67 bits per heavy atom. The SMILES string of the molecule is CCN(CC)C(C=O)Cc1c[c]ccc1. The summed E-state index contributed by atoms with van der Waals surface area (Å²) in [5.41, 5.74) is 1.17. The molecular formula is C13H18NO. The van der Waals surface area contributed by atoms with Gasteiger partial charge in [0.05, 0.1) is 6.04 Å². The molecule has 0 aliphatic carbocycles. The quantitative estimate of drug-likeness (QED) is 0.660. The fraction of sp³-hybridized carbons (Fsp3) is 0.462. The van der Waals surface area contributed by atoms with Crippen molar-refractivity contribution >= 4 is 6.29 Å². The first-order valence-electron chi connectivity index (χ1n) is 5.46. The van der Waals surface area contributed by atoms with Crippen LogP contribution in [-0.4, -0.2) is 30.3 Å². The van der Waals surface area contributed by atoms with E-state index in [2.05, 4.69) is 24.8 Å². The number of nitrogens with zero attached hydrogens (tertiary/aromatic N) is 1. The Bertz CT molecular complexity index is 280. The molecule has 0 spiro atoms. The van der Waals surface area contributed by atoms with E-state index >= 15 is 0 Å². The van der Waals surface area contributed by atoms with E-state index in [1.165, 1.54) is 5.56 Å². The molecule has 1 unspecified atom stereocenters. The Morgan fingerprint density at radius 1 is 1.47 bits per heavy atom. The molecule has 81 valence electrons. The molecule has 1 atom stereocenters. The van der Waals surface area contributed by atoms with Crippen LogP contribution in [0.3, 0.4) is 0 Å². The number of likely N-dealkylation sites (N-methyl/N-ethyl adjacent to an activating group) is 1. The van der Waals surface area contributed by atoms with E-state index in [-0.39, 0.29) is 6.04 Å². The lowest BCUT2D eigenvalue weighted by Crippen LogP contribution is -2.37. The zero-order chi connectivity index (χ0) is 11.1. The highest BCUT2D eigenvalue weighted by molar-refractivity contribution is 5.58. The number of hydrogen-bond donors (Lipinski definition) is 0. The highest BCUT2D eigenvalue weighted by atomic mass is 16.1. The van der Waals surface area contributed by atoms with Gasteiger partial charge >= 0.3 is 0 Å². The van der Waals surface area contributed by atoms with Gasteiger partial charge in [0, 0.05) is 0 Å². The van der Waals surface area contributed by atoms with Gasteiger partial charge in [-0.3, -0.25) is 4.90 Å². The van der Waals surface area contributed by atoms with Gasteiger partial charge in [-0.15, -0.1) is 0 Å². The van der Waals surface area contributed by atoms with Crippen LogP contribution in [0.4, 0.5) is 0 Å². The summed E-state index contributed by atoms with van der Waals surface area (Å²) in [7, 11) is 0. The van der Waals surface area contributed by atoms with Gasteiger partial charge in [0.1, 0.15) is 6.29 Å². The maximum Gasteiger partial charge on any atom is 0.137 e. The maximum absolute atomic E-state index is 11.0. The topological polar surface area (TPSA) is 20.3 Å². The molecule has 0 fully saturated rings. The van der Waals surface area contributed by atoms with Crippen LogP contribution in [0.2, 0.25) is 0 Å². The summed E-state index contributed by atoms with van der Waals surface area (Å²) in [6.07, 6.45) is 1.82. The number of carbonyl (C=O) groups is 1. The normalized spacial score (nSPS) is 12.7. The van der Waals surface area contributed by atoms with Crippen molar-refractivity contribution < 1.29 is 4.79 Å². The van der Waals surface area contributed by atoms with Crippen molar-refractivity contribution in [3.05, 3.63) is 35.9 Å². The van der Waals surface area contributed by atoms with Crippen molar-refractivity contribution in [1.82, 2.24) is 4.90 Å². The zero-order valence-electron chi connectivity index (χ0n) is 9.44. The van der Waals surface area contributed by atoms with Gasteiger partial charge in [-0.25, -0.2) is 0 Å². The lowest BCUT2D eigenvalue weighted by Gasteiger charge is -2.25. The van der Waals surface area contributed by atoms with Crippen LogP contribution in [0, 0.1) is 6.07 Å². The van der Waals surface area contributed by atoms with E-state index in [1.807, 2.05) is 24.3 Å². The summed E-state index contributed by atoms with van der Waals surface area (Å²) >= 11 is 0. The first kappa shape index (κ1) is 11.9. The Labute approximate surface area is 91.9 Å². The third-order valence-electron chi connectivity index (χ3n) is 2.65. The molecule has 2 nitrogen and oxygen atoms in total. The monoisotopic (exact) mass is 204 g/mol. The third kappa shape index (κ3) is 3.48. The molecule has 0 heterocycles. The van der Waals surface area contributed by atoms with Crippen LogP contribution in [0.15, 0.2) is 24.3 Å². The van der Waals surface area contributed by atoms with E-state index in [0.717, 1.165) is 25.8 Å². The van der Waals surface area contributed by atoms with E-state index in [1.54, 1.807) is 0 Å². The van der Waals surface area contributed by atoms with Gasteiger partial charge in [0.2, 0.25) is 0 Å². The Balaban J connectivity index is 2.65. The molecule has 0 aromatic heterocycles. The molecule has 0 N–H and O–H groups in total. The second kappa shape index (κ2) is 6.36. The van der Waals surface area contributed by atoms with E-state index < -0.39 is 0 Å². The van der Waals surface area contributed by atoms with Crippen molar-refractivity contribution in [2.24, 2.45) is 0 Å². The van der Waals surface area contributed by atoms with Gasteiger partial charge in [0.25, 0.3) is 0 Å². The number of aldehydes is 1. The zero-order valence-corrected chi connectivity index (χ0v) is 9.44. The second-order valence-corrected chi connectivity index (χ2v) is 3.54. The molecule has 1 aromatic carbocycles. The van der Waals surface area contributed by atoms with E-state index in [4.69, 9.17) is 0 Å². The predicted octanol–water partition coefficient (Wildman–Crippen LogP) is 1.94. The highest BCUT2D eigenvalue weighted by Crippen LogP contribution is 2.06. The Kier molecular flexibility index (Phi) is 5.05. The minimum absolute atomic E-state index is 0.00389. The lowest BCUT2D eigenvalue weighted by atomic mass is 10.1. The second-order valence-electron chi connectivity index (χ2n) is 3.54. The molecular weight excluding hydrogens is 186 g/mol. The van der Waals surface area contributed by atoms with Gasteiger partial charge in [-0.05, 0) is 31.1 Å². The van der Waals surface area contributed by atoms with E-state index in [0.29, 0.717) is 0 Å². The lowest BCUT2D eigenvalue weighted by molar-refractivity contribution is -0.112. The van der Waals surface area contributed by atoms with Crippen LogP contribution in [0.1, 0.15) is 19.4 Å². The van der Waals surface area contributed by atoms with Crippen molar-refractivity contribution in [3.8, 4) is 0 Å². The largest absolute Gasteiger partial charge is 0.302 e. The summed E-state index contributed by atoms with van der Waals surface area (Å²) in [6.45, 7) is 5.99. The van der Waals surface area contributed by atoms with Crippen LogP contribution in [0.5, 0.6) is 0 Å². The van der Waals surface area contributed by atoms with Crippen molar-refractivity contribution in [2.75, 3.05) is 13.1 Å². The standard InChI is InChI=1S/C13H18NO/c1-3-14(4-2)13(11-15)10-12-8-6-5-7-9-12/h5-6,8-9,11,13H,3-4,10H2,1-2H3. The molecule has 0 saturated heterocycles. The molecule has 0 bridgehead atoms. The maximum atomic E-state index is 11.0. The van der Waals surface area contributed by atoms with Gasteiger partial charge < -0.3 is 4.79 Å². The van der Waals surface area contributed by atoms with Gasteiger partial charge in [0.15, 0.2) is 0 Å². The van der Waals surface area contributed by atoms with Gasteiger partial charge in [-0.2, -0.15) is 0 Å². The van der Waals surface area contributed by atoms with Crippen molar-refractivity contribution in [3.63, 3.8) is 0 Å². The van der Waals surface area contributed by atoms with Crippen LogP contribution < -0.4 is 0 Å². The molecule has 0 aliphatic rings. The van der Waals surface area contributed by atoms with Crippen molar-refractivity contribution in [2.45, 2.75) is 26.3 Å². The average molecular weight is 204 g/mol. The number of carbonyl (C=O) groups excluding carboxylic acids is 1. The van der Waals surface area contributed by atoms with E-state index in [9.17, 15) is 4.79 Å². The summed E-state index contributed by atoms with van der Waals surface area (Å²) < 4.78 is 0. The number of benzene rings is 1. The first-order valence-corrected chi connectivity index (χ1v) is 5.46. The predicted molar refractivity (Wildman–Crippen MR) is 61.8 cm³/mol. The molecule has 15 heavy (non-hydrogen) atoms. The fourth-order valence-corrected chi connectivity index (χ4v) is 1.75. The average Bonchev–Trinajstić information content (AvgIpc) is 2.30. The van der Waals surface area contributed by atoms with Gasteiger partial charge in [-0.1, -0.05) is 38.1 Å². The smallest absolute Gasteiger partial charge is 0.137 e. The highest BCUT2D eigenvalue weighted by Gasteiger charge is 2.14. The van der Waals surface area contributed by atoms with Crippen LogP contribution >= 0.6 is 0 Å². The number of rotatable bonds is 6. The number of hydrogen-bond acceptors (Lipinski definition) is 2. The minimum atomic E-state index is -0.00389. The first-order chi connectivity index (χ1) is 7.31. The Morgan fingerprint density at radius 2 is 2.20 bits per heavy atom.